The highest BCUT2D eigenvalue weighted by Crippen LogP contribution is 2.18. The molecule has 0 aliphatic rings. The maximum Gasteiger partial charge on any atom is 0.251 e. The number of primary amides is 1. The predicted molar refractivity (Wildman–Crippen MR) is 64.7 cm³/mol. The molecule has 0 atom stereocenters. The fourth-order valence-electron chi connectivity index (χ4n) is 1.78. The highest BCUT2D eigenvalue weighted by molar-refractivity contribution is 5.92. The van der Waals surface area contributed by atoms with Crippen LogP contribution < -0.4 is 11.5 Å². The summed E-state index contributed by atoms with van der Waals surface area (Å²) < 4.78 is 1.64. The van der Waals surface area contributed by atoms with Gasteiger partial charge in [0.25, 0.3) is 5.91 Å². The molecular weight excluding hydrogens is 216 g/mol. The Kier molecular flexibility index (Phi) is 2.93. The Morgan fingerprint density at radius 3 is 2.82 bits per heavy atom. The van der Waals surface area contributed by atoms with Gasteiger partial charge in [-0.15, -0.1) is 0 Å². The average Bonchev–Trinajstić information content (AvgIpc) is 2.77. The lowest BCUT2D eigenvalue weighted by atomic mass is 10.1. The van der Waals surface area contributed by atoms with E-state index in [1.165, 1.54) is 6.20 Å². The van der Waals surface area contributed by atoms with E-state index in [2.05, 4.69) is 5.10 Å². The van der Waals surface area contributed by atoms with Crippen LogP contribution in [-0.4, -0.2) is 15.7 Å². The number of benzene rings is 1. The van der Waals surface area contributed by atoms with Crippen molar-refractivity contribution in [2.75, 3.05) is 0 Å². The van der Waals surface area contributed by atoms with Crippen LogP contribution >= 0.6 is 0 Å². The minimum absolute atomic E-state index is 0.385. The monoisotopic (exact) mass is 230 g/mol. The van der Waals surface area contributed by atoms with Gasteiger partial charge in [-0.2, -0.15) is 5.10 Å². The van der Waals surface area contributed by atoms with Gasteiger partial charge < -0.3 is 11.5 Å². The number of amides is 1. The quantitative estimate of drug-likeness (QED) is 0.815. The number of aryl methyl sites for hydroxylation is 1. The highest BCUT2D eigenvalue weighted by Gasteiger charge is 2.10. The van der Waals surface area contributed by atoms with Crippen molar-refractivity contribution in [3.05, 3.63) is 47.3 Å². The molecular formula is C12H14N4O. The summed E-state index contributed by atoms with van der Waals surface area (Å²) in [6.07, 6.45) is 3.07. The van der Waals surface area contributed by atoms with Gasteiger partial charge in [-0.3, -0.25) is 4.79 Å². The third-order valence-electron chi connectivity index (χ3n) is 2.64. The molecule has 0 saturated carbocycles. The van der Waals surface area contributed by atoms with Crippen molar-refractivity contribution in [2.45, 2.75) is 13.5 Å². The lowest BCUT2D eigenvalue weighted by molar-refractivity contribution is 0.100. The summed E-state index contributed by atoms with van der Waals surface area (Å²) in [5, 5.41) is 4.14. The van der Waals surface area contributed by atoms with Crippen molar-refractivity contribution in [1.82, 2.24) is 9.78 Å². The van der Waals surface area contributed by atoms with Crippen molar-refractivity contribution < 1.29 is 4.79 Å². The molecule has 1 heterocycles. The molecule has 2 rings (SSSR count). The summed E-state index contributed by atoms with van der Waals surface area (Å²) in [6, 6.07) is 5.85. The Morgan fingerprint density at radius 1 is 1.47 bits per heavy atom. The van der Waals surface area contributed by atoms with Gasteiger partial charge in [-0.05, 0) is 18.1 Å². The fraction of sp³-hybridized carbons (Fsp3) is 0.167. The van der Waals surface area contributed by atoms with E-state index in [0.29, 0.717) is 12.1 Å². The van der Waals surface area contributed by atoms with Gasteiger partial charge in [0.05, 0.1) is 17.4 Å². The van der Waals surface area contributed by atoms with Gasteiger partial charge >= 0.3 is 0 Å². The van der Waals surface area contributed by atoms with E-state index < -0.39 is 5.91 Å². The maximum atomic E-state index is 11.0. The summed E-state index contributed by atoms with van der Waals surface area (Å²) >= 11 is 0. The molecule has 0 unspecified atom stereocenters. The van der Waals surface area contributed by atoms with Crippen LogP contribution in [0.3, 0.4) is 0 Å². The minimum Gasteiger partial charge on any atom is -0.366 e. The van der Waals surface area contributed by atoms with E-state index in [1.807, 2.05) is 25.1 Å². The average molecular weight is 230 g/mol. The molecule has 2 aromatic rings. The van der Waals surface area contributed by atoms with Gasteiger partial charge in [-0.25, -0.2) is 4.68 Å². The van der Waals surface area contributed by atoms with Crippen molar-refractivity contribution in [3.8, 4) is 5.69 Å². The first-order valence-corrected chi connectivity index (χ1v) is 5.27. The molecule has 5 heteroatoms. The second-order valence-electron chi connectivity index (χ2n) is 3.82. The first-order chi connectivity index (χ1) is 8.13. The first-order valence-electron chi connectivity index (χ1n) is 5.27. The van der Waals surface area contributed by atoms with Crippen LogP contribution in [0.5, 0.6) is 0 Å². The lowest BCUT2D eigenvalue weighted by Gasteiger charge is -2.10. The molecule has 88 valence electrons. The number of rotatable bonds is 3. The number of carbonyl (C=O) groups excluding carboxylic acids is 1. The van der Waals surface area contributed by atoms with Crippen molar-refractivity contribution >= 4 is 5.91 Å². The number of para-hydroxylation sites is 1. The van der Waals surface area contributed by atoms with Crippen LogP contribution in [0.2, 0.25) is 0 Å². The topological polar surface area (TPSA) is 86.9 Å². The van der Waals surface area contributed by atoms with Gasteiger partial charge in [0.15, 0.2) is 0 Å². The first kappa shape index (κ1) is 11.3. The number of hydrogen-bond acceptors (Lipinski definition) is 3. The number of aromatic nitrogens is 2. The largest absolute Gasteiger partial charge is 0.366 e. The SMILES string of the molecule is Cc1cccc(CN)c1-n1cc(C(N)=O)cn1. The number of nitrogens with two attached hydrogens (primary N) is 2. The van der Waals surface area contributed by atoms with Gasteiger partial charge in [0.1, 0.15) is 0 Å². The molecule has 5 nitrogen and oxygen atoms in total. The van der Waals surface area contributed by atoms with Crippen LogP contribution in [0.1, 0.15) is 21.5 Å². The van der Waals surface area contributed by atoms with E-state index in [-0.39, 0.29) is 0 Å². The summed E-state index contributed by atoms with van der Waals surface area (Å²) in [6.45, 7) is 2.39. The third-order valence-corrected chi connectivity index (χ3v) is 2.64. The normalized spacial score (nSPS) is 10.5. The van der Waals surface area contributed by atoms with Gasteiger partial charge in [0, 0.05) is 12.7 Å². The molecule has 4 N–H and O–H groups in total. The van der Waals surface area contributed by atoms with E-state index in [4.69, 9.17) is 11.5 Å². The molecule has 0 saturated heterocycles. The summed E-state index contributed by atoms with van der Waals surface area (Å²) in [5.74, 6) is -0.487. The molecule has 0 aliphatic carbocycles. The molecule has 0 radical (unpaired) electrons. The molecule has 0 bridgehead atoms. The standard InChI is InChI=1S/C12H14N4O/c1-8-3-2-4-9(5-13)11(8)16-7-10(6-15-16)12(14)17/h2-4,6-7H,5,13H2,1H3,(H2,14,17). The summed E-state index contributed by atoms with van der Waals surface area (Å²) in [5.41, 5.74) is 14.2. The third kappa shape index (κ3) is 2.05. The van der Waals surface area contributed by atoms with Crippen LogP contribution in [0.25, 0.3) is 5.69 Å². The van der Waals surface area contributed by atoms with Crippen LogP contribution in [0, 0.1) is 6.92 Å². The van der Waals surface area contributed by atoms with E-state index in [1.54, 1.807) is 10.9 Å². The lowest BCUT2D eigenvalue weighted by Crippen LogP contribution is -2.10. The zero-order valence-electron chi connectivity index (χ0n) is 9.55. The molecule has 0 spiro atoms. The number of carbonyl (C=O) groups is 1. The second-order valence-corrected chi connectivity index (χ2v) is 3.82. The van der Waals surface area contributed by atoms with Crippen molar-refractivity contribution in [3.63, 3.8) is 0 Å². The Morgan fingerprint density at radius 2 is 2.24 bits per heavy atom. The van der Waals surface area contributed by atoms with Crippen LogP contribution in [-0.2, 0) is 6.54 Å². The fourth-order valence-corrected chi connectivity index (χ4v) is 1.78. The molecule has 17 heavy (non-hydrogen) atoms. The van der Waals surface area contributed by atoms with Crippen LogP contribution in [0.4, 0.5) is 0 Å². The van der Waals surface area contributed by atoms with E-state index in [0.717, 1.165) is 16.8 Å². The summed E-state index contributed by atoms with van der Waals surface area (Å²) in [7, 11) is 0. The van der Waals surface area contributed by atoms with E-state index >= 15 is 0 Å². The van der Waals surface area contributed by atoms with Gasteiger partial charge in [0.2, 0.25) is 0 Å². The number of hydrogen-bond donors (Lipinski definition) is 2. The van der Waals surface area contributed by atoms with E-state index in [9.17, 15) is 4.79 Å². The summed E-state index contributed by atoms with van der Waals surface area (Å²) in [4.78, 5) is 11.0. The van der Waals surface area contributed by atoms with Gasteiger partial charge in [-0.1, -0.05) is 18.2 Å². The van der Waals surface area contributed by atoms with Crippen molar-refractivity contribution in [1.29, 1.82) is 0 Å². The molecule has 0 fully saturated rings. The Bertz CT molecular complexity index is 559. The molecule has 1 aromatic heterocycles. The smallest absolute Gasteiger partial charge is 0.251 e. The predicted octanol–water partition coefficient (Wildman–Crippen LogP) is 0.738. The highest BCUT2D eigenvalue weighted by atomic mass is 16.1. The zero-order chi connectivity index (χ0) is 12.4. The Labute approximate surface area is 99.0 Å². The molecule has 0 aliphatic heterocycles. The molecule has 1 amide bonds. The van der Waals surface area contributed by atoms with Crippen molar-refractivity contribution in [2.24, 2.45) is 11.5 Å². The number of nitrogens with zero attached hydrogens (tertiary/aromatic N) is 2. The maximum absolute atomic E-state index is 11.0. The Hall–Kier alpha value is -2.14. The Balaban J connectivity index is 2.55. The zero-order valence-corrected chi connectivity index (χ0v) is 9.55. The van der Waals surface area contributed by atoms with Crippen LogP contribution in [0.15, 0.2) is 30.6 Å². The second kappa shape index (κ2) is 4.39. The molecule has 1 aromatic carbocycles. The minimum atomic E-state index is -0.487.